The lowest BCUT2D eigenvalue weighted by molar-refractivity contribution is -0.139. The van der Waals surface area contributed by atoms with Crippen LogP contribution in [0, 0.1) is 5.41 Å². The van der Waals surface area contributed by atoms with Gasteiger partial charge in [-0.1, -0.05) is 24.3 Å². The number of aliphatic carboxylic acids is 1. The molecule has 0 aliphatic rings. The lowest BCUT2D eigenvalue weighted by atomic mass is 10.1. The third-order valence-electron chi connectivity index (χ3n) is 4.56. The molecule has 0 radical (unpaired) electrons. The Hall–Kier alpha value is -4.46. The van der Waals surface area contributed by atoms with E-state index in [2.05, 4.69) is 10.3 Å². The molecule has 1 aromatic heterocycles. The number of hydrogen-bond donors (Lipinski definition) is 4. The van der Waals surface area contributed by atoms with Gasteiger partial charge in [0.15, 0.2) is 12.4 Å². The van der Waals surface area contributed by atoms with E-state index in [9.17, 15) is 4.79 Å². The van der Waals surface area contributed by atoms with E-state index in [1.54, 1.807) is 30.3 Å². The first-order chi connectivity index (χ1) is 15.0. The second-order valence-electron chi connectivity index (χ2n) is 6.74. The molecule has 0 aliphatic carbocycles. The van der Waals surface area contributed by atoms with Crippen LogP contribution in [0.2, 0.25) is 0 Å². The van der Waals surface area contributed by atoms with E-state index in [-0.39, 0.29) is 0 Å². The number of fused-ring (bicyclic) bond motifs is 1. The highest BCUT2D eigenvalue weighted by Crippen LogP contribution is 2.29. The Morgan fingerprint density at radius 1 is 1.10 bits per heavy atom. The van der Waals surface area contributed by atoms with Crippen LogP contribution in [0.3, 0.4) is 0 Å². The van der Waals surface area contributed by atoms with E-state index in [1.165, 1.54) is 6.21 Å². The normalized spacial score (nSPS) is 10.6. The smallest absolute Gasteiger partial charge is 0.341 e. The van der Waals surface area contributed by atoms with E-state index in [0.717, 1.165) is 16.6 Å². The summed E-state index contributed by atoms with van der Waals surface area (Å²) in [7, 11) is 0. The van der Waals surface area contributed by atoms with E-state index in [4.69, 9.17) is 26.0 Å². The van der Waals surface area contributed by atoms with Crippen LogP contribution in [0.5, 0.6) is 5.75 Å². The number of nitrogens with one attached hydrogen (secondary N) is 2. The summed E-state index contributed by atoms with van der Waals surface area (Å²) in [5.74, 6) is 0.426. The summed E-state index contributed by atoms with van der Waals surface area (Å²) in [4.78, 5) is 20.1. The molecule has 3 aromatic carbocycles. The molecule has 154 valence electrons. The molecule has 0 amide bonds. The van der Waals surface area contributed by atoms with Crippen LogP contribution in [0.25, 0.3) is 22.3 Å². The van der Waals surface area contributed by atoms with Crippen LogP contribution in [0.15, 0.2) is 66.7 Å². The maximum absolute atomic E-state index is 10.8. The number of benzene rings is 3. The highest BCUT2D eigenvalue weighted by Gasteiger charge is 2.11. The predicted octanol–water partition coefficient (Wildman–Crippen LogP) is 4.08. The Kier molecular flexibility index (Phi) is 5.44. The zero-order chi connectivity index (χ0) is 21.8. The summed E-state index contributed by atoms with van der Waals surface area (Å²) < 4.78 is 5.28. The molecule has 0 fully saturated rings. The molecule has 0 atom stereocenters. The average Bonchev–Trinajstić information content (AvgIpc) is 2.79. The largest absolute Gasteiger partial charge is 0.482 e. The van der Waals surface area contributed by atoms with Crippen molar-refractivity contribution in [1.29, 1.82) is 5.41 Å². The number of carbonyl (C=O) groups is 1. The molecule has 0 saturated heterocycles. The lowest BCUT2D eigenvalue weighted by Crippen LogP contribution is -2.09. The molecule has 0 aliphatic heterocycles. The van der Waals surface area contributed by atoms with Gasteiger partial charge in [0.05, 0.1) is 5.52 Å². The first kappa shape index (κ1) is 19.8. The van der Waals surface area contributed by atoms with Gasteiger partial charge in [0.2, 0.25) is 0 Å². The second-order valence-corrected chi connectivity index (χ2v) is 6.74. The Balaban J connectivity index is 1.76. The van der Waals surface area contributed by atoms with Crippen molar-refractivity contribution in [2.45, 2.75) is 0 Å². The minimum atomic E-state index is -1.05. The van der Waals surface area contributed by atoms with Gasteiger partial charge in [-0.15, -0.1) is 0 Å². The Morgan fingerprint density at radius 2 is 1.94 bits per heavy atom. The van der Waals surface area contributed by atoms with Crippen molar-refractivity contribution >= 4 is 40.3 Å². The molecule has 5 N–H and O–H groups in total. The number of nitrogens with two attached hydrogens (primary N) is 1. The molecule has 8 heteroatoms. The quantitative estimate of drug-likeness (QED) is 0.265. The minimum Gasteiger partial charge on any atom is -0.482 e. The number of anilines is 3. The van der Waals surface area contributed by atoms with Crippen molar-refractivity contribution in [2.24, 2.45) is 0 Å². The molecule has 1 heterocycles. The van der Waals surface area contributed by atoms with Crippen molar-refractivity contribution in [2.75, 3.05) is 17.7 Å². The van der Waals surface area contributed by atoms with Crippen LogP contribution >= 0.6 is 0 Å². The topological polar surface area (TPSA) is 134 Å². The second kappa shape index (κ2) is 8.50. The van der Waals surface area contributed by atoms with Gasteiger partial charge in [-0.2, -0.15) is 0 Å². The summed E-state index contributed by atoms with van der Waals surface area (Å²) in [5.41, 5.74) is 9.18. The zero-order valence-electron chi connectivity index (χ0n) is 16.4. The van der Waals surface area contributed by atoms with Crippen LogP contribution in [0.4, 0.5) is 17.2 Å². The standard InChI is InChI=1S/C23H19N5O3/c24-12-15-10-16(8-9-19(15)25)26-23-18-6-1-2-7-20(18)27-22(28-23)14-4-3-5-17(11-14)31-13-21(29)30/h1-12,24H,13,25H2,(H,29,30)(H,26,27,28). The monoisotopic (exact) mass is 413 g/mol. The number of para-hydroxylation sites is 1. The number of rotatable bonds is 7. The van der Waals surface area contributed by atoms with Crippen molar-refractivity contribution in [3.63, 3.8) is 0 Å². The molecular weight excluding hydrogens is 394 g/mol. The molecule has 0 spiro atoms. The number of nitrogen functional groups attached to an aromatic ring is 1. The minimum absolute atomic E-state index is 0.417. The van der Waals surface area contributed by atoms with Crippen LogP contribution in [-0.4, -0.2) is 33.9 Å². The van der Waals surface area contributed by atoms with Crippen molar-refractivity contribution in [1.82, 2.24) is 9.97 Å². The Morgan fingerprint density at radius 3 is 2.74 bits per heavy atom. The first-order valence-electron chi connectivity index (χ1n) is 9.42. The summed E-state index contributed by atoms with van der Waals surface area (Å²) in [6, 6.07) is 19.9. The molecular formula is C23H19N5O3. The van der Waals surface area contributed by atoms with Crippen molar-refractivity contribution in [3.8, 4) is 17.1 Å². The Bertz CT molecular complexity index is 1290. The number of carboxylic acids is 1. The molecule has 0 bridgehead atoms. The van der Waals surface area contributed by atoms with Gasteiger partial charge < -0.3 is 26.3 Å². The number of ether oxygens (including phenoxy) is 1. The van der Waals surface area contributed by atoms with Crippen molar-refractivity contribution < 1.29 is 14.6 Å². The van der Waals surface area contributed by atoms with Gasteiger partial charge >= 0.3 is 5.97 Å². The van der Waals surface area contributed by atoms with E-state index < -0.39 is 12.6 Å². The Labute approximate surface area is 177 Å². The van der Waals surface area contributed by atoms with Gasteiger partial charge in [-0.05, 0) is 42.5 Å². The third-order valence-corrected chi connectivity index (χ3v) is 4.56. The summed E-state index contributed by atoms with van der Waals surface area (Å²) in [6.07, 6.45) is 1.20. The fraction of sp³-hybridized carbons (Fsp3) is 0.0435. The number of carboxylic acid groups (broad SMARTS) is 1. The lowest BCUT2D eigenvalue weighted by Gasteiger charge is -2.12. The molecule has 4 aromatic rings. The van der Waals surface area contributed by atoms with Gasteiger partial charge in [-0.25, -0.2) is 14.8 Å². The van der Waals surface area contributed by atoms with E-state index in [0.29, 0.717) is 34.2 Å². The van der Waals surface area contributed by atoms with Crippen molar-refractivity contribution in [3.05, 3.63) is 72.3 Å². The number of hydrogen-bond acceptors (Lipinski definition) is 7. The zero-order valence-corrected chi connectivity index (χ0v) is 16.4. The molecule has 8 nitrogen and oxygen atoms in total. The SMILES string of the molecule is N=Cc1cc(Nc2nc(-c3cccc(OCC(=O)O)c3)nc3ccccc23)ccc1N. The predicted molar refractivity (Wildman–Crippen MR) is 120 cm³/mol. The van der Waals surface area contributed by atoms with Gasteiger partial charge in [-0.3, -0.25) is 0 Å². The summed E-state index contributed by atoms with van der Waals surface area (Å²) in [5, 5.41) is 20.5. The third kappa shape index (κ3) is 4.43. The van der Waals surface area contributed by atoms with Gasteiger partial charge in [0.25, 0.3) is 0 Å². The fourth-order valence-electron chi connectivity index (χ4n) is 3.09. The molecule has 0 unspecified atom stereocenters. The maximum Gasteiger partial charge on any atom is 0.341 e. The van der Waals surface area contributed by atoms with Crippen LogP contribution in [0.1, 0.15) is 5.56 Å². The maximum atomic E-state index is 10.8. The fourth-order valence-corrected chi connectivity index (χ4v) is 3.09. The summed E-state index contributed by atoms with van der Waals surface area (Å²) in [6.45, 7) is -0.429. The number of aromatic nitrogens is 2. The van der Waals surface area contributed by atoms with Gasteiger partial charge in [0.1, 0.15) is 11.6 Å². The summed E-state index contributed by atoms with van der Waals surface area (Å²) >= 11 is 0. The van der Waals surface area contributed by atoms with E-state index >= 15 is 0 Å². The highest BCUT2D eigenvalue weighted by atomic mass is 16.5. The molecule has 31 heavy (non-hydrogen) atoms. The van der Waals surface area contributed by atoms with Gasteiger partial charge in [0, 0.05) is 34.1 Å². The van der Waals surface area contributed by atoms with E-state index in [1.807, 2.05) is 36.4 Å². The average molecular weight is 413 g/mol. The van der Waals surface area contributed by atoms with Crippen LogP contribution in [-0.2, 0) is 4.79 Å². The molecule has 4 rings (SSSR count). The molecule has 0 saturated carbocycles. The first-order valence-corrected chi connectivity index (χ1v) is 9.42. The highest BCUT2D eigenvalue weighted by molar-refractivity contribution is 5.93. The van der Waals surface area contributed by atoms with Crippen LogP contribution < -0.4 is 15.8 Å². The number of nitrogens with zero attached hydrogens (tertiary/aromatic N) is 2.